The van der Waals surface area contributed by atoms with E-state index in [1.165, 1.54) is 18.0 Å². The molecular formula is C20H20N4O4S. The summed E-state index contributed by atoms with van der Waals surface area (Å²) in [6.07, 6.45) is 1.42. The van der Waals surface area contributed by atoms with E-state index in [1.54, 1.807) is 24.3 Å². The number of carbonyl (C=O) groups is 2. The van der Waals surface area contributed by atoms with Crippen molar-refractivity contribution in [3.63, 3.8) is 0 Å². The quantitative estimate of drug-likeness (QED) is 0.318. The lowest BCUT2D eigenvalue weighted by atomic mass is 10.2. The van der Waals surface area contributed by atoms with Gasteiger partial charge in [0, 0.05) is 12.1 Å². The number of hydrogen-bond donors (Lipinski definition) is 2. The van der Waals surface area contributed by atoms with Crippen molar-refractivity contribution in [3.05, 3.63) is 54.1 Å². The lowest BCUT2D eigenvalue weighted by Gasteiger charge is -2.06. The number of para-hydroxylation sites is 3. The molecule has 1 amide bonds. The number of benzene rings is 2. The molecule has 0 spiro atoms. The van der Waals surface area contributed by atoms with Gasteiger partial charge in [-0.05, 0) is 31.2 Å². The summed E-state index contributed by atoms with van der Waals surface area (Å²) in [6, 6.07) is 14.7. The summed E-state index contributed by atoms with van der Waals surface area (Å²) in [5, 5.41) is 13.4. The Morgan fingerprint density at radius 1 is 1.24 bits per heavy atom. The van der Waals surface area contributed by atoms with Crippen LogP contribution in [0.5, 0.6) is 5.75 Å². The maximum Gasteiger partial charge on any atom is 0.341 e. The number of imidazole rings is 1. The second-order valence-corrected chi connectivity index (χ2v) is 6.87. The van der Waals surface area contributed by atoms with Crippen molar-refractivity contribution in [1.82, 2.24) is 15.0 Å². The highest BCUT2D eigenvalue weighted by atomic mass is 32.2. The Labute approximate surface area is 171 Å². The molecule has 0 fully saturated rings. The second kappa shape index (κ2) is 9.74. The zero-order valence-electron chi connectivity index (χ0n) is 15.7. The lowest BCUT2D eigenvalue weighted by molar-refractivity contribution is -0.139. The zero-order chi connectivity index (χ0) is 20.6. The van der Waals surface area contributed by atoms with Crippen LogP contribution in [0.1, 0.15) is 12.5 Å². The Morgan fingerprint density at radius 2 is 2.00 bits per heavy atom. The highest BCUT2D eigenvalue weighted by Crippen LogP contribution is 2.23. The van der Waals surface area contributed by atoms with E-state index in [-0.39, 0.29) is 11.7 Å². The summed E-state index contributed by atoms with van der Waals surface area (Å²) < 4.78 is 7.26. The number of nitrogens with zero attached hydrogens (tertiary/aromatic N) is 3. The van der Waals surface area contributed by atoms with Crippen LogP contribution in [-0.2, 0) is 16.1 Å². The van der Waals surface area contributed by atoms with Gasteiger partial charge in [-0.2, -0.15) is 5.10 Å². The normalized spacial score (nSPS) is 11.1. The molecule has 0 radical (unpaired) electrons. The average molecular weight is 412 g/mol. The smallest absolute Gasteiger partial charge is 0.341 e. The predicted octanol–water partition coefficient (Wildman–Crippen LogP) is 2.76. The molecule has 3 rings (SSSR count). The molecular weight excluding hydrogens is 392 g/mol. The number of carboxylic acids is 1. The summed E-state index contributed by atoms with van der Waals surface area (Å²) in [7, 11) is 0. The number of aromatic nitrogens is 2. The fourth-order valence-corrected chi connectivity index (χ4v) is 3.53. The molecule has 0 atom stereocenters. The van der Waals surface area contributed by atoms with E-state index >= 15 is 0 Å². The minimum Gasteiger partial charge on any atom is -0.481 e. The molecule has 0 aliphatic heterocycles. The number of hydrogen-bond acceptors (Lipinski definition) is 6. The number of amides is 1. The van der Waals surface area contributed by atoms with Crippen molar-refractivity contribution in [2.24, 2.45) is 5.10 Å². The summed E-state index contributed by atoms with van der Waals surface area (Å²) >= 11 is 1.34. The SMILES string of the molecule is CCn1c(SCC(=O)N/N=C\c2ccccc2OCC(=O)O)nc2ccccc21. The Morgan fingerprint density at radius 3 is 2.79 bits per heavy atom. The lowest BCUT2D eigenvalue weighted by Crippen LogP contribution is -2.20. The van der Waals surface area contributed by atoms with E-state index in [0.717, 1.165) is 22.7 Å². The largest absolute Gasteiger partial charge is 0.481 e. The minimum atomic E-state index is -1.07. The van der Waals surface area contributed by atoms with E-state index in [9.17, 15) is 9.59 Å². The van der Waals surface area contributed by atoms with Gasteiger partial charge in [0.2, 0.25) is 0 Å². The third kappa shape index (κ3) is 5.35. The van der Waals surface area contributed by atoms with Gasteiger partial charge in [0.25, 0.3) is 5.91 Å². The number of aryl methyl sites for hydroxylation is 1. The Bertz CT molecular complexity index is 1050. The van der Waals surface area contributed by atoms with E-state index in [4.69, 9.17) is 9.84 Å². The Balaban J connectivity index is 1.58. The maximum atomic E-state index is 12.1. The van der Waals surface area contributed by atoms with Gasteiger partial charge in [-0.15, -0.1) is 0 Å². The standard InChI is InChI=1S/C20H20N4O4S/c1-2-24-16-9-5-4-8-15(16)22-20(24)29-13-18(25)23-21-11-14-7-3-6-10-17(14)28-12-19(26)27/h3-11H,2,12-13H2,1H3,(H,23,25)(H,26,27)/b21-11-. The van der Waals surface area contributed by atoms with Crippen LogP contribution < -0.4 is 10.2 Å². The molecule has 0 saturated carbocycles. The molecule has 150 valence electrons. The summed E-state index contributed by atoms with van der Waals surface area (Å²) in [4.78, 5) is 27.4. The number of rotatable bonds is 9. The first-order valence-electron chi connectivity index (χ1n) is 8.92. The van der Waals surface area contributed by atoms with Gasteiger partial charge in [-0.3, -0.25) is 4.79 Å². The first kappa shape index (κ1) is 20.4. The molecule has 1 aromatic heterocycles. The maximum absolute atomic E-state index is 12.1. The van der Waals surface area contributed by atoms with E-state index in [0.29, 0.717) is 11.3 Å². The number of carbonyl (C=O) groups excluding carboxylic acids is 1. The highest BCUT2D eigenvalue weighted by Gasteiger charge is 2.11. The van der Waals surface area contributed by atoms with Crippen LogP contribution in [0, 0.1) is 0 Å². The van der Waals surface area contributed by atoms with Crippen molar-refractivity contribution in [1.29, 1.82) is 0 Å². The van der Waals surface area contributed by atoms with Crippen molar-refractivity contribution in [3.8, 4) is 5.75 Å². The molecule has 29 heavy (non-hydrogen) atoms. The van der Waals surface area contributed by atoms with Gasteiger partial charge in [0.05, 0.1) is 23.0 Å². The topological polar surface area (TPSA) is 106 Å². The fraction of sp³-hybridized carbons (Fsp3) is 0.200. The van der Waals surface area contributed by atoms with Gasteiger partial charge in [-0.25, -0.2) is 15.2 Å². The van der Waals surface area contributed by atoms with E-state index in [2.05, 4.69) is 20.1 Å². The summed E-state index contributed by atoms with van der Waals surface area (Å²) in [5.74, 6) is -0.804. The summed E-state index contributed by atoms with van der Waals surface area (Å²) in [6.45, 7) is 2.34. The Hall–Kier alpha value is -3.33. The average Bonchev–Trinajstić information content (AvgIpc) is 3.09. The fourth-order valence-electron chi connectivity index (χ4n) is 2.66. The molecule has 1 heterocycles. The Kier molecular flexibility index (Phi) is 6.85. The number of ether oxygens (including phenoxy) is 1. The van der Waals surface area contributed by atoms with Gasteiger partial charge < -0.3 is 14.4 Å². The molecule has 0 unspecified atom stereocenters. The molecule has 0 aliphatic carbocycles. The number of hydrazone groups is 1. The van der Waals surface area contributed by atoms with Gasteiger partial charge in [-0.1, -0.05) is 36.0 Å². The minimum absolute atomic E-state index is 0.165. The summed E-state index contributed by atoms with van der Waals surface area (Å²) in [5.41, 5.74) is 4.96. The number of thioether (sulfide) groups is 1. The first-order valence-corrected chi connectivity index (χ1v) is 9.90. The van der Waals surface area contributed by atoms with Crippen LogP contribution in [-0.4, -0.2) is 45.1 Å². The van der Waals surface area contributed by atoms with Crippen LogP contribution in [0.3, 0.4) is 0 Å². The third-order valence-electron chi connectivity index (χ3n) is 3.93. The number of carboxylic acid groups (broad SMARTS) is 1. The third-order valence-corrected chi connectivity index (χ3v) is 4.91. The molecule has 8 nitrogen and oxygen atoms in total. The van der Waals surface area contributed by atoms with Gasteiger partial charge >= 0.3 is 5.97 Å². The number of fused-ring (bicyclic) bond motifs is 1. The predicted molar refractivity (Wildman–Crippen MR) is 111 cm³/mol. The molecule has 3 aromatic rings. The van der Waals surface area contributed by atoms with Crippen molar-refractivity contribution in [2.45, 2.75) is 18.6 Å². The molecule has 9 heteroatoms. The van der Waals surface area contributed by atoms with Crippen LogP contribution in [0.2, 0.25) is 0 Å². The van der Waals surface area contributed by atoms with Crippen molar-refractivity contribution >= 4 is 40.9 Å². The molecule has 0 aliphatic rings. The van der Waals surface area contributed by atoms with E-state index < -0.39 is 12.6 Å². The van der Waals surface area contributed by atoms with Gasteiger partial charge in [0.1, 0.15) is 5.75 Å². The molecule has 2 aromatic carbocycles. The van der Waals surface area contributed by atoms with Crippen molar-refractivity contribution < 1.29 is 19.4 Å². The van der Waals surface area contributed by atoms with Gasteiger partial charge in [0.15, 0.2) is 11.8 Å². The van der Waals surface area contributed by atoms with Crippen LogP contribution in [0.25, 0.3) is 11.0 Å². The molecule has 0 bridgehead atoms. The number of aliphatic carboxylic acids is 1. The molecule has 2 N–H and O–H groups in total. The second-order valence-electron chi connectivity index (χ2n) is 5.93. The highest BCUT2D eigenvalue weighted by molar-refractivity contribution is 7.99. The number of nitrogens with one attached hydrogen (secondary N) is 1. The van der Waals surface area contributed by atoms with Crippen LogP contribution >= 0.6 is 11.8 Å². The first-order chi connectivity index (χ1) is 14.1. The van der Waals surface area contributed by atoms with Crippen LogP contribution in [0.15, 0.2) is 58.8 Å². The molecule has 0 saturated heterocycles. The monoisotopic (exact) mass is 412 g/mol. The van der Waals surface area contributed by atoms with Crippen LogP contribution in [0.4, 0.5) is 0 Å². The zero-order valence-corrected chi connectivity index (χ0v) is 16.6. The van der Waals surface area contributed by atoms with E-state index in [1.807, 2.05) is 31.2 Å². The van der Waals surface area contributed by atoms with Crippen molar-refractivity contribution in [2.75, 3.05) is 12.4 Å².